The van der Waals surface area contributed by atoms with Gasteiger partial charge in [-0.3, -0.25) is 0 Å². The molecule has 102 valence electrons. The van der Waals surface area contributed by atoms with Gasteiger partial charge in [-0.25, -0.2) is 13.1 Å². The molecule has 2 atom stereocenters. The van der Waals surface area contributed by atoms with E-state index in [2.05, 4.69) is 10.0 Å². The van der Waals surface area contributed by atoms with E-state index >= 15 is 0 Å². The van der Waals surface area contributed by atoms with Crippen LogP contribution in [-0.4, -0.2) is 27.5 Å². The molecule has 0 aromatic carbocycles. The number of thiophene rings is 1. The predicted octanol–water partition coefficient (Wildman–Crippen LogP) is 1.63. The second-order valence-corrected chi connectivity index (χ2v) is 8.25. The first kappa shape index (κ1) is 14.6. The number of nitrogens with one attached hydrogen (secondary N) is 2. The molecule has 2 heterocycles. The lowest BCUT2D eigenvalue weighted by Crippen LogP contribution is -2.32. The molecule has 0 amide bonds. The van der Waals surface area contributed by atoms with Crippen LogP contribution in [0.15, 0.2) is 10.3 Å². The van der Waals surface area contributed by atoms with Gasteiger partial charge >= 0.3 is 0 Å². The zero-order valence-corrected chi connectivity index (χ0v) is 12.8. The first-order valence-corrected chi connectivity index (χ1v) is 8.16. The van der Waals surface area contributed by atoms with E-state index < -0.39 is 10.0 Å². The lowest BCUT2D eigenvalue weighted by Gasteiger charge is -2.06. The molecule has 1 saturated carbocycles. The first-order valence-electron chi connectivity index (χ1n) is 5.48. The molecule has 0 spiro atoms. The van der Waals surface area contributed by atoms with Crippen molar-refractivity contribution in [3.63, 3.8) is 0 Å². The van der Waals surface area contributed by atoms with Gasteiger partial charge in [0.1, 0.15) is 4.21 Å². The summed E-state index contributed by atoms with van der Waals surface area (Å²) >= 11 is 7.02. The van der Waals surface area contributed by atoms with Crippen LogP contribution in [0, 0.1) is 18.8 Å². The summed E-state index contributed by atoms with van der Waals surface area (Å²) in [6.45, 7) is 3.65. The van der Waals surface area contributed by atoms with Crippen LogP contribution in [0.2, 0.25) is 4.34 Å². The third-order valence-corrected chi connectivity index (χ3v) is 6.97. The van der Waals surface area contributed by atoms with Crippen LogP contribution in [0.3, 0.4) is 0 Å². The van der Waals surface area contributed by atoms with Gasteiger partial charge in [0, 0.05) is 6.04 Å². The van der Waals surface area contributed by atoms with E-state index in [1.807, 2.05) is 6.92 Å². The van der Waals surface area contributed by atoms with Crippen LogP contribution in [0.4, 0.5) is 0 Å². The SMILES string of the molecule is Cc1cc(S(=O)(=O)NC2C3CNCC32)sc1Cl.Cl. The van der Waals surface area contributed by atoms with Crippen LogP contribution in [0.5, 0.6) is 0 Å². The third kappa shape index (κ3) is 2.42. The van der Waals surface area contributed by atoms with Gasteiger partial charge < -0.3 is 5.32 Å². The van der Waals surface area contributed by atoms with Crippen molar-refractivity contribution in [3.05, 3.63) is 16.0 Å². The molecule has 0 radical (unpaired) electrons. The van der Waals surface area contributed by atoms with Gasteiger partial charge in [0.2, 0.25) is 10.0 Å². The highest BCUT2D eigenvalue weighted by Crippen LogP contribution is 2.43. The van der Waals surface area contributed by atoms with Gasteiger partial charge in [0.15, 0.2) is 0 Å². The summed E-state index contributed by atoms with van der Waals surface area (Å²) in [6.07, 6.45) is 0. The molecule has 1 aliphatic carbocycles. The predicted molar refractivity (Wildman–Crippen MR) is 75.3 cm³/mol. The Morgan fingerprint density at radius 1 is 1.44 bits per heavy atom. The normalized spacial score (nSPS) is 29.8. The lowest BCUT2D eigenvalue weighted by molar-refractivity contribution is 0.567. The Morgan fingerprint density at radius 2 is 2.06 bits per heavy atom. The number of hydrogen-bond acceptors (Lipinski definition) is 4. The molecule has 18 heavy (non-hydrogen) atoms. The van der Waals surface area contributed by atoms with Crippen molar-refractivity contribution in [2.75, 3.05) is 13.1 Å². The maximum atomic E-state index is 12.1. The zero-order valence-electron chi connectivity index (χ0n) is 9.64. The van der Waals surface area contributed by atoms with Crippen LogP contribution in [0.1, 0.15) is 5.56 Å². The smallest absolute Gasteiger partial charge is 0.250 e. The van der Waals surface area contributed by atoms with Crippen molar-refractivity contribution in [3.8, 4) is 0 Å². The summed E-state index contributed by atoms with van der Waals surface area (Å²) in [4.78, 5) is 0. The molecule has 8 heteroatoms. The summed E-state index contributed by atoms with van der Waals surface area (Å²) in [6, 6.07) is 1.74. The molecule has 2 N–H and O–H groups in total. The van der Waals surface area contributed by atoms with Crippen molar-refractivity contribution >= 4 is 45.4 Å². The molecule has 2 unspecified atom stereocenters. The summed E-state index contributed by atoms with van der Waals surface area (Å²) in [5.74, 6) is 0.947. The summed E-state index contributed by atoms with van der Waals surface area (Å²) in [5, 5.41) is 3.24. The summed E-state index contributed by atoms with van der Waals surface area (Å²) in [7, 11) is -3.38. The summed E-state index contributed by atoms with van der Waals surface area (Å²) < 4.78 is 27.8. The van der Waals surface area contributed by atoms with Crippen molar-refractivity contribution in [1.82, 2.24) is 10.0 Å². The largest absolute Gasteiger partial charge is 0.316 e. The van der Waals surface area contributed by atoms with Crippen molar-refractivity contribution < 1.29 is 8.42 Å². The Morgan fingerprint density at radius 3 is 2.56 bits per heavy atom. The minimum Gasteiger partial charge on any atom is -0.316 e. The van der Waals surface area contributed by atoms with Crippen LogP contribution >= 0.6 is 35.3 Å². The molecule has 1 aromatic rings. The van der Waals surface area contributed by atoms with E-state index in [9.17, 15) is 8.42 Å². The fourth-order valence-corrected chi connectivity index (χ4v) is 5.46. The van der Waals surface area contributed by atoms with Crippen molar-refractivity contribution in [1.29, 1.82) is 0 Å². The molecule has 4 nitrogen and oxygen atoms in total. The monoisotopic (exact) mass is 328 g/mol. The molecule has 3 rings (SSSR count). The Balaban J connectivity index is 0.00000120. The number of rotatable bonds is 3. The van der Waals surface area contributed by atoms with E-state index in [0.717, 1.165) is 30.0 Å². The van der Waals surface area contributed by atoms with E-state index in [0.29, 0.717) is 20.4 Å². The minimum absolute atomic E-state index is 0. The fraction of sp³-hybridized carbons (Fsp3) is 0.600. The summed E-state index contributed by atoms with van der Waals surface area (Å²) in [5.41, 5.74) is 0.815. The van der Waals surface area contributed by atoms with Gasteiger partial charge in [0.05, 0.1) is 4.34 Å². The number of halogens is 2. The molecular formula is C10H14Cl2N2O2S2. The quantitative estimate of drug-likeness (QED) is 0.886. The Bertz CT molecular complexity index is 529. The molecular weight excluding hydrogens is 315 g/mol. The fourth-order valence-electron chi connectivity index (χ4n) is 2.39. The van der Waals surface area contributed by atoms with Gasteiger partial charge in [-0.05, 0) is 43.5 Å². The van der Waals surface area contributed by atoms with Crippen LogP contribution in [0.25, 0.3) is 0 Å². The first-order chi connectivity index (χ1) is 7.99. The van der Waals surface area contributed by atoms with Crippen LogP contribution in [-0.2, 0) is 10.0 Å². The highest BCUT2D eigenvalue weighted by atomic mass is 35.5. The van der Waals surface area contributed by atoms with Gasteiger partial charge in [-0.1, -0.05) is 11.6 Å². The molecule has 2 fully saturated rings. The van der Waals surface area contributed by atoms with E-state index in [1.54, 1.807) is 6.07 Å². The number of fused-ring (bicyclic) bond motifs is 1. The Kier molecular flexibility index (Phi) is 3.98. The Labute approximate surface area is 122 Å². The standard InChI is InChI=1S/C10H13ClN2O2S2.ClH/c1-5-2-8(16-10(5)11)17(14,15)13-9-6-3-12-4-7(6)9;/h2,6-7,9,12-13H,3-4H2,1H3;1H. The highest BCUT2D eigenvalue weighted by Gasteiger charge is 2.54. The minimum atomic E-state index is -3.38. The lowest BCUT2D eigenvalue weighted by atomic mass is 10.4. The maximum Gasteiger partial charge on any atom is 0.250 e. The van der Waals surface area contributed by atoms with Gasteiger partial charge in [-0.15, -0.1) is 23.7 Å². The second-order valence-electron chi connectivity index (χ2n) is 4.66. The average molecular weight is 329 g/mol. The number of sulfonamides is 1. The Hall–Kier alpha value is 0.150. The topological polar surface area (TPSA) is 58.2 Å². The van der Waals surface area contributed by atoms with E-state index in [1.165, 1.54) is 0 Å². The molecule has 1 aromatic heterocycles. The molecule has 2 aliphatic rings. The second kappa shape index (κ2) is 4.92. The number of aryl methyl sites for hydroxylation is 1. The molecule has 0 bridgehead atoms. The zero-order chi connectivity index (χ0) is 12.2. The van der Waals surface area contributed by atoms with Gasteiger partial charge in [0.25, 0.3) is 0 Å². The average Bonchev–Trinajstić information content (AvgIpc) is 2.69. The maximum absolute atomic E-state index is 12.1. The van der Waals surface area contributed by atoms with E-state index in [4.69, 9.17) is 11.6 Å². The molecule has 1 aliphatic heterocycles. The van der Waals surface area contributed by atoms with E-state index in [-0.39, 0.29) is 18.4 Å². The van der Waals surface area contributed by atoms with Crippen molar-refractivity contribution in [2.45, 2.75) is 17.2 Å². The third-order valence-electron chi connectivity index (χ3n) is 3.48. The van der Waals surface area contributed by atoms with Crippen LogP contribution < -0.4 is 10.0 Å². The highest BCUT2D eigenvalue weighted by molar-refractivity contribution is 7.91. The molecule has 1 saturated heterocycles. The number of piperidine rings is 1. The van der Waals surface area contributed by atoms with Crippen molar-refractivity contribution in [2.24, 2.45) is 11.8 Å². The van der Waals surface area contributed by atoms with Gasteiger partial charge in [-0.2, -0.15) is 0 Å². The number of hydrogen-bond donors (Lipinski definition) is 2.